The number of hydrogen-bond donors (Lipinski definition) is 3. The second-order valence-corrected chi connectivity index (χ2v) is 6.82. The Morgan fingerprint density at radius 3 is 2.25 bits per heavy atom. The van der Waals surface area contributed by atoms with Crippen LogP contribution in [0.15, 0.2) is 29.3 Å². The molecule has 0 saturated heterocycles. The summed E-state index contributed by atoms with van der Waals surface area (Å²) in [4.78, 5) is 4.25. The number of hydrogen-bond acceptors (Lipinski definition) is 3. The molecular weight excluding hydrogens is 345 g/mol. The number of alkyl halides is 3. The van der Waals surface area contributed by atoms with E-state index in [-0.39, 0.29) is 13.1 Å². The highest BCUT2D eigenvalue weighted by Crippen LogP contribution is 2.29. The summed E-state index contributed by atoms with van der Waals surface area (Å²) in [6.45, 7) is 3.19. The standard InChI is InChI=1S/C14H21F3N4O2S/c1-3-18-13(19-8-9-21-24(2,22)23)20-10-11-4-6-12(7-5-11)14(15,16)17/h4-7,21H,3,8-10H2,1-2H3,(H2,18,19,20). The largest absolute Gasteiger partial charge is 0.416 e. The van der Waals surface area contributed by atoms with Crippen molar-refractivity contribution in [2.24, 2.45) is 4.99 Å². The fourth-order valence-corrected chi connectivity index (χ4v) is 2.20. The van der Waals surface area contributed by atoms with Crippen LogP contribution in [-0.2, 0) is 22.7 Å². The molecule has 3 N–H and O–H groups in total. The molecule has 0 atom stereocenters. The van der Waals surface area contributed by atoms with Crippen molar-refractivity contribution in [2.45, 2.75) is 19.6 Å². The second-order valence-electron chi connectivity index (χ2n) is 4.98. The molecular formula is C14H21F3N4O2S. The van der Waals surface area contributed by atoms with Gasteiger partial charge in [0.05, 0.1) is 18.4 Å². The first kappa shape index (κ1) is 20.2. The quantitative estimate of drug-likeness (QED) is 0.386. The van der Waals surface area contributed by atoms with Crippen LogP contribution in [-0.4, -0.2) is 40.3 Å². The third kappa shape index (κ3) is 8.16. The molecule has 0 aromatic heterocycles. The van der Waals surface area contributed by atoms with Gasteiger partial charge in [0.2, 0.25) is 10.0 Å². The first-order chi connectivity index (χ1) is 11.1. The Balaban J connectivity index is 2.58. The Hall–Kier alpha value is -1.81. The molecule has 6 nitrogen and oxygen atoms in total. The van der Waals surface area contributed by atoms with E-state index in [1.165, 1.54) is 12.1 Å². The summed E-state index contributed by atoms with van der Waals surface area (Å²) in [6, 6.07) is 4.78. The minimum absolute atomic E-state index is 0.198. The second kappa shape index (κ2) is 8.88. The van der Waals surface area contributed by atoms with Gasteiger partial charge in [0.1, 0.15) is 0 Å². The molecule has 1 aromatic carbocycles. The van der Waals surface area contributed by atoms with E-state index in [0.717, 1.165) is 18.4 Å². The Labute approximate surface area is 139 Å². The molecule has 0 amide bonds. The van der Waals surface area contributed by atoms with E-state index in [9.17, 15) is 21.6 Å². The van der Waals surface area contributed by atoms with E-state index in [0.29, 0.717) is 24.6 Å². The van der Waals surface area contributed by atoms with E-state index in [1.54, 1.807) is 0 Å². The molecule has 0 fully saturated rings. The van der Waals surface area contributed by atoms with E-state index in [2.05, 4.69) is 20.3 Å². The van der Waals surface area contributed by atoms with Crippen molar-refractivity contribution in [2.75, 3.05) is 25.9 Å². The Bertz CT molecular complexity index is 643. The maximum absolute atomic E-state index is 12.5. The molecule has 0 saturated carbocycles. The van der Waals surface area contributed by atoms with Crippen LogP contribution in [0.5, 0.6) is 0 Å². The van der Waals surface area contributed by atoms with E-state index in [4.69, 9.17) is 0 Å². The van der Waals surface area contributed by atoms with Crippen molar-refractivity contribution in [1.82, 2.24) is 15.4 Å². The first-order valence-corrected chi connectivity index (χ1v) is 9.14. The number of rotatable bonds is 7. The summed E-state index contributed by atoms with van der Waals surface area (Å²) in [5.74, 6) is 0.452. The van der Waals surface area contributed by atoms with Gasteiger partial charge in [0.25, 0.3) is 0 Å². The third-order valence-electron chi connectivity index (χ3n) is 2.83. The lowest BCUT2D eigenvalue weighted by molar-refractivity contribution is -0.137. The highest BCUT2D eigenvalue weighted by molar-refractivity contribution is 7.88. The zero-order chi connectivity index (χ0) is 18.2. The summed E-state index contributed by atoms with van der Waals surface area (Å²) in [5, 5.41) is 5.90. The van der Waals surface area contributed by atoms with Gasteiger partial charge in [-0.15, -0.1) is 0 Å². The molecule has 0 bridgehead atoms. The number of aliphatic imine (C=N–C) groups is 1. The first-order valence-electron chi connectivity index (χ1n) is 7.25. The van der Waals surface area contributed by atoms with Gasteiger partial charge in [0, 0.05) is 19.6 Å². The van der Waals surface area contributed by atoms with Gasteiger partial charge in [-0.1, -0.05) is 12.1 Å². The molecule has 10 heteroatoms. The van der Waals surface area contributed by atoms with Gasteiger partial charge in [-0.2, -0.15) is 13.2 Å². The molecule has 136 valence electrons. The monoisotopic (exact) mass is 366 g/mol. The van der Waals surface area contributed by atoms with Crippen LogP contribution in [0.1, 0.15) is 18.1 Å². The van der Waals surface area contributed by atoms with Crippen molar-refractivity contribution >= 4 is 16.0 Å². The lowest BCUT2D eigenvalue weighted by Gasteiger charge is -2.11. The predicted molar refractivity (Wildman–Crippen MR) is 87.1 cm³/mol. The molecule has 0 radical (unpaired) electrons. The van der Waals surface area contributed by atoms with Crippen molar-refractivity contribution in [3.8, 4) is 0 Å². The van der Waals surface area contributed by atoms with Gasteiger partial charge in [-0.05, 0) is 24.6 Å². The van der Waals surface area contributed by atoms with Crippen molar-refractivity contribution in [3.05, 3.63) is 35.4 Å². The SMILES string of the molecule is CCNC(=NCc1ccc(C(F)(F)F)cc1)NCCNS(C)(=O)=O. The topological polar surface area (TPSA) is 82.6 Å². The number of halogens is 3. The normalized spacial score (nSPS) is 13.0. The van der Waals surface area contributed by atoms with Crippen molar-refractivity contribution in [3.63, 3.8) is 0 Å². The van der Waals surface area contributed by atoms with E-state index in [1.807, 2.05) is 6.92 Å². The van der Waals surface area contributed by atoms with Gasteiger partial charge in [-0.25, -0.2) is 18.1 Å². The highest BCUT2D eigenvalue weighted by Gasteiger charge is 2.29. The fourth-order valence-electron chi connectivity index (χ4n) is 1.73. The van der Waals surface area contributed by atoms with Gasteiger partial charge >= 0.3 is 6.18 Å². The van der Waals surface area contributed by atoms with Crippen LogP contribution in [0, 0.1) is 0 Å². The Morgan fingerprint density at radius 2 is 1.75 bits per heavy atom. The maximum Gasteiger partial charge on any atom is 0.416 e. The smallest absolute Gasteiger partial charge is 0.357 e. The van der Waals surface area contributed by atoms with Crippen molar-refractivity contribution in [1.29, 1.82) is 0 Å². The molecule has 0 spiro atoms. The summed E-state index contributed by atoms with van der Waals surface area (Å²) in [7, 11) is -3.25. The maximum atomic E-state index is 12.5. The minimum Gasteiger partial charge on any atom is -0.357 e. The number of nitrogens with one attached hydrogen (secondary N) is 3. The summed E-state index contributed by atoms with van der Waals surface area (Å²) in [5.41, 5.74) is -0.0680. The predicted octanol–water partition coefficient (Wildman–Crippen LogP) is 1.31. The van der Waals surface area contributed by atoms with Crippen LogP contribution in [0.4, 0.5) is 13.2 Å². The highest BCUT2D eigenvalue weighted by atomic mass is 32.2. The summed E-state index contributed by atoms with van der Waals surface area (Å²) < 4.78 is 61.7. The summed E-state index contributed by atoms with van der Waals surface area (Å²) in [6.07, 6.45) is -3.29. The molecule has 0 aliphatic carbocycles. The van der Waals surface area contributed by atoms with Gasteiger partial charge < -0.3 is 10.6 Å². The van der Waals surface area contributed by atoms with Crippen molar-refractivity contribution < 1.29 is 21.6 Å². The number of guanidine groups is 1. The van der Waals surface area contributed by atoms with Crippen LogP contribution in [0.25, 0.3) is 0 Å². The molecule has 24 heavy (non-hydrogen) atoms. The molecule has 0 aliphatic rings. The molecule has 1 aromatic rings. The zero-order valence-electron chi connectivity index (χ0n) is 13.4. The van der Waals surface area contributed by atoms with E-state index >= 15 is 0 Å². The molecule has 1 rings (SSSR count). The lowest BCUT2D eigenvalue weighted by Crippen LogP contribution is -2.41. The number of nitrogens with zero attached hydrogens (tertiary/aromatic N) is 1. The zero-order valence-corrected chi connectivity index (χ0v) is 14.3. The fraction of sp³-hybridized carbons (Fsp3) is 0.500. The minimum atomic E-state index is -4.36. The van der Waals surface area contributed by atoms with Crippen LogP contribution >= 0.6 is 0 Å². The van der Waals surface area contributed by atoms with Crippen LogP contribution in [0.3, 0.4) is 0 Å². The Kier molecular flexibility index (Phi) is 7.49. The van der Waals surface area contributed by atoms with Crippen LogP contribution in [0.2, 0.25) is 0 Å². The third-order valence-corrected chi connectivity index (χ3v) is 3.56. The van der Waals surface area contributed by atoms with Gasteiger partial charge in [-0.3, -0.25) is 0 Å². The summed E-state index contributed by atoms with van der Waals surface area (Å²) >= 11 is 0. The van der Waals surface area contributed by atoms with Gasteiger partial charge in [0.15, 0.2) is 5.96 Å². The number of benzene rings is 1. The molecule has 0 heterocycles. The molecule has 0 aliphatic heterocycles. The Morgan fingerprint density at radius 1 is 1.12 bits per heavy atom. The molecule has 0 unspecified atom stereocenters. The van der Waals surface area contributed by atoms with Crippen LogP contribution < -0.4 is 15.4 Å². The average Bonchev–Trinajstić information content (AvgIpc) is 2.47. The lowest BCUT2D eigenvalue weighted by atomic mass is 10.1. The van der Waals surface area contributed by atoms with E-state index < -0.39 is 21.8 Å². The number of sulfonamides is 1. The average molecular weight is 366 g/mol.